The van der Waals surface area contributed by atoms with Crippen LogP contribution in [0.25, 0.3) is 0 Å². The van der Waals surface area contributed by atoms with Crippen LogP contribution in [0.15, 0.2) is 4.99 Å². The van der Waals surface area contributed by atoms with Gasteiger partial charge in [0.25, 0.3) is 0 Å². The summed E-state index contributed by atoms with van der Waals surface area (Å²) in [5.74, 6) is 1.17. The van der Waals surface area contributed by atoms with Crippen LogP contribution in [-0.2, 0) is 16.6 Å². The number of sulfonamides is 1. The smallest absolute Gasteiger partial charge is 0.213 e. The van der Waals surface area contributed by atoms with E-state index in [9.17, 15) is 8.42 Å². The molecule has 1 aliphatic carbocycles. The molecular formula is C16H30IN5O2S2. The van der Waals surface area contributed by atoms with Crippen LogP contribution in [-0.4, -0.2) is 44.7 Å². The van der Waals surface area contributed by atoms with E-state index in [0.29, 0.717) is 38.1 Å². The number of aromatic nitrogens is 1. The topological polar surface area (TPSA) is 95.5 Å². The predicted molar refractivity (Wildman–Crippen MR) is 119 cm³/mol. The number of aliphatic imine (C=N–C) groups is 1. The summed E-state index contributed by atoms with van der Waals surface area (Å²) < 4.78 is 26.7. The van der Waals surface area contributed by atoms with Crippen LogP contribution in [0.3, 0.4) is 0 Å². The molecule has 10 heteroatoms. The van der Waals surface area contributed by atoms with Gasteiger partial charge in [-0.15, -0.1) is 35.3 Å². The van der Waals surface area contributed by atoms with Gasteiger partial charge in [-0.2, -0.15) is 0 Å². The molecule has 0 amide bonds. The lowest BCUT2D eigenvalue weighted by atomic mass is 9.86. The first-order valence-electron chi connectivity index (χ1n) is 8.82. The summed E-state index contributed by atoms with van der Waals surface area (Å²) in [7, 11) is -3.24. The summed E-state index contributed by atoms with van der Waals surface area (Å²) in [6.45, 7) is 8.11. The number of hydrogen-bond donors (Lipinski definition) is 3. The molecule has 0 aromatic carbocycles. The first kappa shape index (κ1) is 23.6. The fraction of sp³-hybridized carbons (Fsp3) is 0.750. The molecule has 2 rings (SSSR count). The summed E-state index contributed by atoms with van der Waals surface area (Å²) in [6.07, 6.45) is 3.48. The molecule has 0 atom stereocenters. The lowest BCUT2D eigenvalue weighted by Gasteiger charge is -2.25. The van der Waals surface area contributed by atoms with Crippen molar-refractivity contribution in [2.24, 2.45) is 10.9 Å². The van der Waals surface area contributed by atoms with Crippen molar-refractivity contribution in [1.29, 1.82) is 0 Å². The van der Waals surface area contributed by atoms with Gasteiger partial charge in [-0.25, -0.2) is 23.1 Å². The molecule has 0 unspecified atom stereocenters. The van der Waals surface area contributed by atoms with Gasteiger partial charge in [0.05, 0.1) is 18.0 Å². The minimum atomic E-state index is -3.24. The molecule has 26 heavy (non-hydrogen) atoms. The van der Waals surface area contributed by atoms with Gasteiger partial charge in [0.15, 0.2) is 5.96 Å². The van der Waals surface area contributed by atoms with Gasteiger partial charge in [-0.1, -0.05) is 6.42 Å². The number of halogens is 1. The van der Waals surface area contributed by atoms with E-state index in [0.717, 1.165) is 23.5 Å². The van der Waals surface area contributed by atoms with E-state index < -0.39 is 10.0 Å². The molecule has 0 spiro atoms. The highest BCUT2D eigenvalue weighted by molar-refractivity contribution is 14.0. The normalized spacial score (nSPS) is 15.3. The summed E-state index contributed by atoms with van der Waals surface area (Å²) in [5, 5.41) is 7.17. The summed E-state index contributed by atoms with van der Waals surface area (Å²) in [4.78, 5) is 10.1. The molecule has 0 radical (unpaired) electrons. The number of hydrogen-bond acceptors (Lipinski definition) is 5. The Morgan fingerprint density at radius 3 is 2.58 bits per heavy atom. The van der Waals surface area contributed by atoms with Crippen molar-refractivity contribution in [3.8, 4) is 0 Å². The third-order valence-electron chi connectivity index (χ3n) is 4.27. The third-order valence-corrected chi connectivity index (χ3v) is 6.68. The SMILES string of the molecule is CCNC(=NCc1nc(C)c(C)s1)NCCS(=O)(=O)NCC1CCC1.I. The van der Waals surface area contributed by atoms with Gasteiger partial charge in [0.2, 0.25) is 10.0 Å². The third kappa shape index (κ3) is 8.05. The van der Waals surface area contributed by atoms with Crippen LogP contribution >= 0.6 is 35.3 Å². The average molecular weight is 515 g/mol. The maximum Gasteiger partial charge on any atom is 0.213 e. The summed E-state index contributed by atoms with van der Waals surface area (Å²) in [5.41, 5.74) is 1.04. The molecule has 1 aromatic rings. The maximum absolute atomic E-state index is 12.0. The Kier molecular flexibility index (Phi) is 10.3. The van der Waals surface area contributed by atoms with E-state index in [4.69, 9.17) is 0 Å². The van der Waals surface area contributed by atoms with Gasteiger partial charge in [0.1, 0.15) is 5.01 Å². The van der Waals surface area contributed by atoms with E-state index in [2.05, 4.69) is 25.3 Å². The first-order chi connectivity index (χ1) is 11.9. The molecule has 150 valence electrons. The van der Waals surface area contributed by atoms with Crippen molar-refractivity contribution in [2.75, 3.05) is 25.4 Å². The van der Waals surface area contributed by atoms with Crippen LogP contribution in [0.2, 0.25) is 0 Å². The molecule has 1 saturated carbocycles. The van der Waals surface area contributed by atoms with Gasteiger partial charge < -0.3 is 10.6 Å². The number of nitrogens with one attached hydrogen (secondary N) is 3. The number of thiazole rings is 1. The van der Waals surface area contributed by atoms with E-state index in [1.54, 1.807) is 11.3 Å². The zero-order chi connectivity index (χ0) is 18.3. The zero-order valence-corrected chi connectivity index (χ0v) is 19.6. The van der Waals surface area contributed by atoms with Crippen LogP contribution in [0.4, 0.5) is 0 Å². The fourth-order valence-corrected chi connectivity index (χ4v) is 4.28. The van der Waals surface area contributed by atoms with E-state index >= 15 is 0 Å². The Bertz CT molecular complexity index is 667. The van der Waals surface area contributed by atoms with E-state index in [-0.39, 0.29) is 29.7 Å². The van der Waals surface area contributed by atoms with Crippen LogP contribution in [0.5, 0.6) is 0 Å². The Hall–Kier alpha value is -0.460. The number of rotatable bonds is 9. The molecule has 0 bridgehead atoms. The van der Waals surface area contributed by atoms with Crippen molar-refractivity contribution >= 4 is 51.3 Å². The fourth-order valence-electron chi connectivity index (χ4n) is 2.41. The monoisotopic (exact) mass is 515 g/mol. The minimum Gasteiger partial charge on any atom is -0.357 e. The molecule has 3 N–H and O–H groups in total. The second kappa shape index (κ2) is 11.4. The second-order valence-electron chi connectivity index (χ2n) is 6.34. The minimum absolute atomic E-state index is 0. The van der Waals surface area contributed by atoms with Gasteiger partial charge in [-0.05, 0) is 39.5 Å². The number of aryl methyl sites for hydroxylation is 2. The molecule has 7 nitrogen and oxygen atoms in total. The molecule has 0 aliphatic heterocycles. The molecule has 1 aliphatic rings. The quantitative estimate of drug-likeness (QED) is 0.266. The Morgan fingerprint density at radius 2 is 2.04 bits per heavy atom. The molecule has 1 aromatic heterocycles. The van der Waals surface area contributed by atoms with Crippen LogP contribution in [0.1, 0.15) is 41.8 Å². The number of nitrogens with zero attached hydrogens (tertiary/aromatic N) is 2. The van der Waals surface area contributed by atoms with Crippen molar-refractivity contribution < 1.29 is 8.42 Å². The van der Waals surface area contributed by atoms with Crippen molar-refractivity contribution in [2.45, 2.75) is 46.6 Å². The predicted octanol–water partition coefficient (Wildman–Crippen LogP) is 2.15. The van der Waals surface area contributed by atoms with Gasteiger partial charge in [0, 0.05) is 24.5 Å². The summed E-state index contributed by atoms with van der Waals surface area (Å²) in [6, 6.07) is 0. The standard InChI is InChI=1S/C16H29N5O2S2.HI/c1-4-17-16(19-11-15-21-12(2)13(3)24-15)18-8-9-25(22,23)20-10-14-6-5-7-14;/h14,20H,4-11H2,1-3H3,(H2,17,18,19);1H. The van der Waals surface area contributed by atoms with E-state index in [1.165, 1.54) is 11.3 Å². The maximum atomic E-state index is 12.0. The van der Waals surface area contributed by atoms with Crippen molar-refractivity contribution in [3.05, 3.63) is 15.6 Å². The Labute approximate surface area is 177 Å². The van der Waals surface area contributed by atoms with Crippen molar-refractivity contribution in [3.63, 3.8) is 0 Å². The lowest BCUT2D eigenvalue weighted by molar-refractivity contribution is 0.316. The highest BCUT2D eigenvalue weighted by atomic mass is 127. The number of guanidine groups is 1. The highest BCUT2D eigenvalue weighted by Gasteiger charge is 2.20. The molecule has 1 fully saturated rings. The largest absolute Gasteiger partial charge is 0.357 e. The molecule has 1 heterocycles. The highest BCUT2D eigenvalue weighted by Crippen LogP contribution is 2.25. The first-order valence-corrected chi connectivity index (χ1v) is 11.3. The van der Waals surface area contributed by atoms with Crippen LogP contribution in [0, 0.1) is 19.8 Å². The van der Waals surface area contributed by atoms with Gasteiger partial charge >= 0.3 is 0 Å². The second-order valence-corrected chi connectivity index (χ2v) is 9.55. The summed E-state index contributed by atoms with van der Waals surface area (Å²) >= 11 is 1.64. The molecule has 0 saturated heterocycles. The van der Waals surface area contributed by atoms with Crippen molar-refractivity contribution in [1.82, 2.24) is 20.3 Å². The van der Waals surface area contributed by atoms with Crippen LogP contribution < -0.4 is 15.4 Å². The average Bonchev–Trinajstić information content (AvgIpc) is 2.81. The lowest BCUT2D eigenvalue weighted by Crippen LogP contribution is -2.42. The Balaban J connectivity index is 0.00000338. The Morgan fingerprint density at radius 1 is 1.31 bits per heavy atom. The zero-order valence-electron chi connectivity index (χ0n) is 15.7. The van der Waals surface area contributed by atoms with Gasteiger partial charge in [-0.3, -0.25) is 0 Å². The molecular weight excluding hydrogens is 485 g/mol. The van der Waals surface area contributed by atoms with E-state index in [1.807, 2.05) is 20.8 Å².